The number of halogens is 1. The fourth-order valence-corrected chi connectivity index (χ4v) is 6.72. The summed E-state index contributed by atoms with van der Waals surface area (Å²) in [6, 6.07) is 12.3. The first-order valence-corrected chi connectivity index (χ1v) is 16.0. The summed E-state index contributed by atoms with van der Waals surface area (Å²) < 4.78 is 24.3. The predicted molar refractivity (Wildman–Crippen MR) is 190 cm³/mol. The highest BCUT2D eigenvalue weighted by atomic mass is 32.1. The van der Waals surface area contributed by atoms with Crippen LogP contribution in [-0.2, 0) is 11.3 Å². The van der Waals surface area contributed by atoms with Gasteiger partial charge in [0.05, 0.1) is 12.7 Å². The Balaban J connectivity index is 1.51. The van der Waals surface area contributed by atoms with Crippen molar-refractivity contribution in [3.05, 3.63) is 96.5 Å². The van der Waals surface area contributed by atoms with Crippen molar-refractivity contribution in [3.63, 3.8) is 0 Å². The van der Waals surface area contributed by atoms with Crippen molar-refractivity contribution in [2.24, 2.45) is 0 Å². The smallest absolute Gasteiger partial charge is 0.322 e. The van der Waals surface area contributed by atoms with Crippen LogP contribution in [0.5, 0.6) is 11.8 Å². The normalized spacial score (nSPS) is 11.3. The first-order chi connectivity index (χ1) is 23.0. The molecule has 6 aromatic rings. The molecule has 0 saturated heterocycles. The number of ether oxygens (including phenoxy) is 1. The number of hydrogen-bond donors (Lipinski definition) is 2. The van der Waals surface area contributed by atoms with Crippen molar-refractivity contribution in [2.75, 3.05) is 31.7 Å². The monoisotopic (exact) mass is 662 g/mol. The second kappa shape index (κ2) is 13.3. The van der Waals surface area contributed by atoms with Gasteiger partial charge in [-0.05, 0) is 81.9 Å². The third kappa shape index (κ3) is 6.66. The number of anilines is 2. The molecule has 0 unspecified atom stereocenters. The van der Waals surface area contributed by atoms with E-state index in [0.29, 0.717) is 33.7 Å². The lowest BCUT2D eigenvalue weighted by Crippen LogP contribution is -2.18. The van der Waals surface area contributed by atoms with Crippen LogP contribution >= 0.6 is 11.3 Å². The summed E-state index contributed by atoms with van der Waals surface area (Å²) in [5.74, 6) is -0.519. The molecule has 2 aromatic carbocycles. The Hall–Kier alpha value is -5.46. The Morgan fingerprint density at radius 3 is 2.60 bits per heavy atom. The third-order valence-corrected chi connectivity index (χ3v) is 9.03. The van der Waals surface area contributed by atoms with Gasteiger partial charge in [0.15, 0.2) is 11.6 Å². The van der Waals surface area contributed by atoms with E-state index in [9.17, 15) is 4.79 Å². The predicted octanol–water partition coefficient (Wildman–Crippen LogP) is 7.49. The lowest BCUT2D eigenvalue weighted by Gasteiger charge is -2.13. The molecule has 0 atom stereocenters. The number of nitrogens with zero attached hydrogens (tertiary/aromatic N) is 6. The van der Waals surface area contributed by atoms with Crippen molar-refractivity contribution in [1.29, 1.82) is 0 Å². The number of nitrogens with one attached hydrogen (secondary N) is 1. The molecule has 12 heteroatoms. The van der Waals surface area contributed by atoms with Crippen molar-refractivity contribution in [1.82, 2.24) is 29.6 Å². The topological polar surface area (TPSA) is 124 Å². The average molecular weight is 663 g/mol. The molecular formula is C36H35FN8O2S. The number of aromatic nitrogens is 5. The number of likely N-dealkylation sites (N-methyl/N-ethyl adjacent to an activating group) is 1. The summed E-state index contributed by atoms with van der Waals surface area (Å²) in [6.07, 6.45) is 7.14. The number of hydrogen-bond acceptors (Lipinski definition) is 9. The Bertz CT molecular complexity index is 2190. The Kier molecular flexibility index (Phi) is 9.03. The molecule has 244 valence electrons. The summed E-state index contributed by atoms with van der Waals surface area (Å²) in [5, 5.41) is 8.17. The van der Waals surface area contributed by atoms with E-state index in [1.807, 2.05) is 63.2 Å². The second-order valence-electron chi connectivity index (χ2n) is 11.9. The minimum absolute atomic E-state index is 0.00357. The Morgan fingerprint density at radius 2 is 1.90 bits per heavy atom. The average Bonchev–Trinajstić information content (AvgIpc) is 3.67. The van der Waals surface area contributed by atoms with Crippen LogP contribution in [0, 0.1) is 19.7 Å². The van der Waals surface area contributed by atoms with Crippen molar-refractivity contribution >= 4 is 38.8 Å². The molecule has 0 saturated carbocycles. The first-order valence-electron chi connectivity index (χ1n) is 15.2. The van der Waals surface area contributed by atoms with E-state index in [1.165, 1.54) is 6.07 Å². The number of nitrogens with two attached hydrogens (primary N) is 1. The van der Waals surface area contributed by atoms with Gasteiger partial charge in [-0.2, -0.15) is 5.10 Å². The van der Waals surface area contributed by atoms with Gasteiger partial charge in [-0.25, -0.2) is 19.3 Å². The minimum atomic E-state index is -0.581. The maximum atomic E-state index is 15.8. The van der Waals surface area contributed by atoms with Crippen LogP contribution in [0.4, 0.5) is 15.9 Å². The van der Waals surface area contributed by atoms with Gasteiger partial charge in [-0.15, -0.1) is 11.3 Å². The number of carbonyl (C=O) groups excluding carboxylic acids is 1. The zero-order valence-corrected chi connectivity index (χ0v) is 28.2. The standard InChI is InChI=1S/C36H35FN8O2S/c1-20(2)35(46)43-25-8-9-26(21(3)15-25)32-30(23-7-10-29(28(37)16-23)47-36-39-12-11-22(4)42-36)31-33(48-32)27(18-40-34(31)38)24-17-41-45(19-24)14-13-44(5)6/h7-12,15-19H,1,13-14H2,2-6H3,(H2,38,40)(H,43,46). The zero-order chi connectivity index (χ0) is 34.1. The van der Waals surface area contributed by atoms with E-state index in [-0.39, 0.29) is 17.7 Å². The fourth-order valence-electron chi connectivity index (χ4n) is 5.27. The van der Waals surface area contributed by atoms with Crippen LogP contribution in [0.3, 0.4) is 0 Å². The van der Waals surface area contributed by atoms with Gasteiger partial charge in [0.1, 0.15) is 5.82 Å². The third-order valence-electron chi connectivity index (χ3n) is 7.77. The van der Waals surface area contributed by atoms with Gasteiger partial charge in [-0.3, -0.25) is 9.48 Å². The minimum Gasteiger partial charge on any atom is -0.421 e. The SMILES string of the molecule is C=C(C)C(=O)Nc1ccc(-c2sc3c(-c4cnn(CCN(C)C)c4)cnc(N)c3c2-c2ccc(Oc3nccc(C)n3)c(F)c2)c(C)c1. The lowest BCUT2D eigenvalue weighted by atomic mass is 9.95. The zero-order valence-electron chi connectivity index (χ0n) is 27.3. The molecule has 3 N–H and O–H groups in total. The fraction of sp³-hybridized carbons (Fsp3) is 0.194. The maximum absolute atomic E-state index is 15.8. The Labute approximate surface area is 281 Å². The molecular weight excluding hydrogens is 628 g/mol. The largest absolute Gasteiger partial charge is 0.421 e. The van der Waals surface area contributed by atoms with E-state index >= 15 is 4.39 Å². The van der Waals surface area contributed by atoms with Crippen LogP contribution in [0.2, 0.25) is 0 Å². The molecule has 48 heavy (non-hydrogen) atoms. The highest BCUT2D eigenvalue weighted by Crippen LogP contribution is 2.50. The number of thiophene rings is 1. The number of carbonyl (C=O) groups is 1. The molecule has 10 nitrogen and oxygen atoms in total. The van der Waals surface area contributed by atoms with Crippen LogP contribution in [-0.4, -0.2) is 56.2 Å². The molecule has 0 fully saturated rings. The van der Waals surface area contributed by atoms with Crippen LogP contribution in [0.1, 0.15) is 18.2 Å². The number of fused-ring (bicyclic) bond motifs is 1. The molecule has 0 aliphatic carbocycles. The molecule has 1 amide bonds. The van der Waals surface area contributed by atoms with Crippen LogP contribution in [0.15, 0.2) is 79.4 Å². The molecule has 0 bridgehead atoms. The molecule has 4 aromatic heterocycles. The molecule has 0 radical (unpaired) electrons. The quantitative estimate of drug-likeness (QED) is 0.145. The van der Waals surface area contributed by atoms with Gasteiger partial charge in [0.2, 0.25) is 0 Å². The summed E-state index contributed by atoms with van der Waals surface area (Å²) >= 11 is 1.55. The number of rotatable bonds is 10. The number of nitrogen functional groups attached to an aromatic ring is 1. The van der Waals surface area contributed by atoms with Gasteiger partial charge in [0, 0.05) is 73.7 Å². The van der Waals surface area contributed by atoms with Crippen molar-refractivity contribution in [3.8, 4) is 44.5 Å². The number of pyridine rings is 1. The van der Waals surface area contributed by atoms with Gasteiger partial charge in [-0.1, -0.05) is 18.7 Å². The number of amides is 1. The van der Waals surface area contributed by atoms with Crippen molar-refractivity contribution < 1.29 is 13.9 Å². The van der Waals surface area contributed by atoms with Crippen LogP contribution < -0.4 is 15.8 Å². The summed E-state index contributed by atoms with van der Waals surface area (Å²) in [5.41, 5.74) is 13.3. The van der Waals surface area contributed by atoms with Gasteiger partial charge < -0.3 is 20.7 Å². The highest BCUT2D eigenvalue weighted by molar-refractivity contribution is 7.23. The molecule has 4 heterocycles. The van der Waals surface area contributed by atoms with Crippen LogP contribution in [0.25, 0.3) is 42.8 Å². The number of benzene rings is 2. The van der Waals surface area contributed by atoms with Gasteiger partial charge >= 0.3 is 6.01 Å². The summed E-state index contributed by atoms with van der Waals surface area (Å²) in [6.45, 7) is 10.7. The number of aryl methyl sites for hydroxylation is 2. The van der Waals surface area contributed by atoms with E-state index in [0.717, 1.165) is 50.5 Å². The van der Waals surface area contributed by atoms with Gasteiger partial charge in [0.25, 0.3) is 5.91 Å². The van der Waals surface area contributed by atoms with E-state index < -0.39 is 5.82 Å². The van der Waals surface area contributed by atoms with E-state index in [1.54, 1.807) is 48.9 Å². The van der Waals surface area contributed by atoms with Crippen molar-refractivity contribution in [2.45, 2.75) is 27.3 Å². The lowest BCUT2D eigenvalue weighted by molar-refractivity contribution is -0.112. The maximum Gasteiger partial charge on any atom is 0.322 e. The molecule has 0 spiro atoms. The first kappa shape index (κ1) is 32.5. The summed E-state index contributed by atoms with van der Waals surface area (Å²) in [4.78, 5) is 28.2. The second-order valence-corrected chi connectivity index (χ2v) is 12.9. The molecule has 6 rings (SSSR count). The van der Waals surface area contributed by atoms with E-state index in [2.05, 4.69) is 36.8 Å². The van der Waals surface area contributed by atoms with E-state index in [4.69, 9.17) is 10.5 Å². The molecule has 0 aliphatic heterocycles. The highest BCUT2D eigenvalue weighted by Gasteiger charge is 2.24. The summed E-state index contributed by atoms with van der Waals surface area (Å²) in [7, 11) is 4.04. The molecule has 0 aliphatic rings. The Morgan fingerprint density at radius 1 is 1.08 bits per heavy atom.